The highest BCUT2D eigenvalue weighted by molar-refractivity contribution is 9.10. The van der Waals surface area contributed by atoms with Crippen LogP contribution < -0.4 is 5.32 Å². The van der Waals surface area contributed by atoms with E-state index in [0.717, 1.165) is 34.4 Å². The van der Waals surface area contributed by atoms with Crippen LogP contribution in [0.5, 0.6) is 0 Å². The predicted octanol–water partition coefficient (Wildman–Crippen LogP) is 4.34. The van der Waals surface area contributed by atoms with Gasteiger partial charge in [-0.15, -0.1) is 0 Å². The second-order valence-electron chi connectivity index (χ2n) is 5.10. The Kier molecular flexibility index (Phi) is 2.77. The summed E-state index contributed by atoms with van der Waals surface area (Å²) in [5.41, 5.74) is 4.31. The number of nitrogens with zero attached hydrogens (tertiary/aromatic N) is 1. The van der Waals surface area contributed by atoms with E-state index in [0.29, 0.717) is 0 Å². The third kappa shape index (κ3) is 2.00. The average molecular weight is 329 g/mol. The summed E-state index contributed by atoms with van der Waals surface area (Å²) >= 11 is 3.47. The largest absolute Gasteiger partial charge is 0.440 e. The molecule has 4 heteroatoms. The zero-order valence-corrected chi connectivity index (χ0v) is 12.4. The first-order valence-electron chi connectivity index (χ1n) is 6.67. The van der Waals surface area contributed by atoms with Crippen molar-refractivity contribution in [2.75, 3.05) is 11.9 Å². The molecular formula is C16H13BrN2O. The third-order valence-corrected chi connectivity index (χ3v) is 4.23. The van der Waals surface area contributed by atoms with Crippen molar-refractivity contribution < 1.29 is 4.42 Å². The molecule has 3 nitrogen and oxygen atoms in total. The number of rotatable bonds is 1. The normalized spacial score (nSPS) is 17.8. The van der Waals surface area contributed by atoms with Crippen LogP contribution in [0.2, 0.25) is 0 Å². The lowest BCUT2D eigenvalue weighted by molar-refractivity contribution is 0.471. The van der Waals surface area contributed by atoms with Gasteiger partial charge in [0.15, 0.2) is 5.58 Å². The Bertz CT molecular complexity index is 781. The summed E-state index contributed by atoms with van der Waals surface area (Å²) in [6.45, 7) is 0.866. The van der Waals surface area contributed by atoms with Crippen molar-refractivity contribution in [3.63, 3.8) is 0 Å². The van der Waals surface area contributed by atoms with Gasteiger partial charge in [0.05, 0.1) is 5.92 Å². The van der Waals surface area contributed by atoms with Crippen LogP contribution in [0, 0.1) is 0 Å². The van der Waals surface area contributed by atoms with E-state index >= 15 is 0 Å². The van der Waals surface area contributed by atoms with E-state index in [4.69, 9.17) is 4.42 Å². The van der Waals surface area contributed by atoms with Crippen LogP contribution in [0.25, 0.3) is 11.1 Å². The number of halogens is 1. The SMILES string of the molecule is Brc1ccc2oc(C3CNc4ccccc4C3)nc2c1. The van der Waals surface area contributed by atoms with Gasteiger partial charge in [0.25, 0.3) is 0 Å². The molecule has 1 aromatic heterocycles. The van der Waals surface area contributed by atoms with Gasteiger partial charge in [-0.05, 0) is 36.2 Å². The van der Waals surface area contributed by atoms with Crippen LogP contribution in [-0.4, -0.2) is 11.5 Å². The summed E-state index contributed by atoms with van der Waals surface area (Å²) in [4.78, 5) is 4.63. The first kappa shape index (κ1) is 12.0. The molecule has 1 aliphatic rings. The van der Waals surface area contributed by atoms with Crippen molar-refractivity contribution in [2.24, 2.45) is 0 Å². The fourth-order valence-corrected chi connectivity index (χ4v) is 3.06. The molecule has 1 aliphatic heterocycles. The van der Waals surface area contributed by atoms with Gasteiger partial charge >= 0.3 is 0 Å². The first-order chi connectivity index (χ1) is 9.79. The van der Waals surface area contributed by atoms with Gasteiger partial charge in [-0.25, -0.2) is 4.98 Å². The third-order valence-electron chi connectivity index (χ3n) is 3.74. The maximum absolute atomic E-state index is 5.91. The summed E-state index contributed by atoms with van der Waals surface area (Å²) in [7, 11) is 0. The van der Waals surface area contributed by atoms with Crippen molar-refractivity contribution in [1.29, 1.82) is 0 Å². The minimum atomic E-state index is 0.288. The van der Waals surface area contributed by atoms with E-state index in [1.807, 2.05) is 18.2 Å². The standard InChI is InChI=1S/C16H13BrN2O/c17-12-5-6-15-14(8-12)19-16(20-15)11-7-10-3-1-2-4-13(10)18-9-11/h1-6,8,11,18H,7,9H2. The zero-order valence-electron chi connectivity index (χ0n) is 10.8. The minimum Gasteiger partial charge on any atom is -0.440 e. The van der Waals surface area contributed by atoms with Crippen molar-refractivity contribution in [1.82, 2.24) is 4.98 Å². The molecule has 0 amide bonds. The van der Waals surface area contributed by atoms with Gasteiger partial charge in [-0.1, -0.05) is 34.1 Å². The minimum absolute atomic E-state index is 0.288. The van der Waals surface area contributed by atoms with Crippen LogP contribution in [-0.2, 0) is 6.42 Å². The monoisotopic (exact) mass is 328 g/mol. The second kappa shape index (κ2) is 4.63. The van der Waals surface area contributed by atoms with Crippen LogP contribution in [0.15, 0.2) is 51.4 Å². The summed E-state index contributed by atoms with van der Waals surface area (Å²) in [5, 5.41) is 3.46. The van der Waals surface area contributed by atoms with Gasteiger partial charge in [0.1, 0.15) is 5.52 Å². The average Bonchev–Trinajstić information content (AvgIpc) is 2.89. The molecule has 1 N–H and O–H groups in total. The number of aromatic nitrogens is 1. The number of benzene rings is 2. The molecule has 0 fully saturated rings. The van der Waals surface area contributed by atoms with E-state index in [1.54, 1.807) is 0 Å². The van der Waals surface area contributed by atoms with Gasteiger partial charge < -0.3 is 9.73 Å². The molecule has 0 saturated heterocycles. The van der Waals surface area contributed by atoms with Gasteiger partial charge in [0.2, 0.25) is 5.89 Å². The van der Waals surface area contributed by atoms with Crippen molar-refractivity contribution in [3.05, 3.63) is 58.4 Å². The fourth-order valence-electron chi connectivity index (χ4n) is 2.71. The lowest BCUT2D eigenvalue weighted by atomic mass is 9.94. The maximum Gasteiger partial charge on any atom is 0.200 e. The maximum atomic E-state index is 5.91. The summed E-state index contributed by atoms with van der Waals surface area (Å²) < 4.78 is 6.93. The molecule has 0 aliphatic carbocycles. The van der Waals surface area contributed by atoms with Gasteiger partial charge in [-0.3, -0.25) is 0 Å². The molecule has 2 aromatic carbocycles. The molecular weight excluding hydrogens is 316 g/mol. The lowest BCUT2D eigenvalue weighted by Gasteiger charge is -2.23. The van der Waals surface area contributed by atoms with Crippen LogP contribution in [0.4, 0.5) is 5.69 Å². The molecule has 0 saturated carbocycles. The van der Waals surface area contributed by atoms with Crippen molar-refractivity contribution in [2.45, 2.75) is 12.3 Å². The molecule has 1 atom stereocenters. The molecule has 0 radical (unpaired) electrons. The number of para-hydroxylation sites is 1. The number of nitrogens with one attached hydrogen (secondary N) is 1. The first-order valence-corrected chi connectivity index (χ1v) is 7.47. The summed E-state index contributed by atoms with van der Waals surface area (Å²) in [6, 6.07) is 14.3. The highest BCUT2D eigenvalue weighted by Crippen LogP contribution is 2.31. The number of anilines is 1. The predicted molar refractivity (Wildman–Crippen MR) is 83.1 cm³/mol. The lowest BCUT2D eigenvalue weighted by Crippen LogP contribution is -2.21. The smallest absolute Gasteiger partial charge is 0.200 e. The second-order valence-corrected chi connectivity index (χ2v) is 6.02. The Morgan fingerprint density at radius 1 is 1.20 bits per heavy atom. The van der Waals surface area contributed by atoms with Crippen LogP contribution in [0.3, 0.4) is 0 Å². The topological polar surface area (TPSA) is 38.1 Å². The zero-order chi connectivity index (χ0) is 13.5. The summed E-state index contributed by atoms with van der Waals surface area (Å²) in [6.07, 6.45) is 0.969. The fraction of sp³-hybridized carbons (Fsp3) is 0.188. The number of hydrogen-bond acceptors (Lipinski definition) is 3. The van der Waals surface area contributed by atoms with E-state index < -0.39 is 0 Å². The van der Waals surface area contributed by atoms with E-state index in [-0.39, 0.29) is 5.92 Å². The number of fused-ring (bicyclic) bond motifs is 2. The number of hydrogen-bond donors (Lipinski definition) is 1. The Morgan fingerprint density at radius 2 is 2.10 bits per heavy atom. The summed E-state index contributed by atoms with van der Waals surface area (Å²) in [5.74, 6) is 1.11. The molecule has 0 bridgehead atoms. The highest BCUT2D eigenvalue weighted by Gasteiger charge is 2.23. The quantitative estimate of drug-likeness (QED) is 0.722. The molecule has 2 heterocycles. The molecule has 20 heavy (non-hydrogen) atoms. The number of oxazole rings is 1. The molecule has 100 valence electrons. The Morgan fingerprint density at radius 3 is 3.05 bits per heavy atom. The highest BCUT2D eigenvalue weighted by atomic mass is 79.9. The molecule has 1 unspecified atom stereocenters. The Labute approximate surface area is 125 Å². The van der Waals surface area contributed by atoms with Gasteiger partial charge in [-0.2, -0.15) is 0 Å². The van der Waals surface area contributed by atoms with Gasteiger partial charge in [0, 0.05) is 16.7 Å². The molecule has 3 aromatic rings. The van der Waals surface area contributed by atoms with E-state index in [1.165, 1.54) is 11.3 Å². The van der Waals surface area contributed by atoms with Crippen molar-refractivity contribution in [3.8, 4) is 0 Å². The Hall–Kier alpha value is -1.81. The molecule has 0 spiro atoms. The molecule has 4 rings (SSSR count). The van der Waals surface area contributed by atoms with Crippen LogP contribution in [0.1, 0.15) is 17.4 Å². The van der Waals surface area contributed by atoms with Crippen molar-refractivity contribution >= 4 is 32.7 Å². The van der Waals surface area contributed by atoms with E-state index in [9.17, 15) is 0 Å². The van der Waals surface area contributed by atoms with Crippen LogP contribution >= 0.6 is 15.9 Å². The van der Waals surface area contributed by atoms with E-state index in [2.05, 4.69) is 50.5 Å². The Balaban J connectivity index is 1.70.